The van der Waals surface area contributed by atoms with Crippen molar-refractivity contribution < 1.29 is 23.4 Å². The first-order chi connectivity index (χ1) is 11.6. The summed E-state index contributed by atoms with van der Waals surface area (Å²) in [5.41, 5.74) is 0.953. The molecule has 2 aromatic rings. The van der Waals surface area contributed by atoms with Gasteiger partial charge in [-0.1, -0.05) is 6.07 Å². The molecule has 3 rings (SSSR count). The van der Waals surface area contributed by atoms with Crippen LogP contribution < -0.4 is 4.74 Å². The Morgan fingerprint density at radius 1 is 1.46 bits per heavy atom. The molecule has 1 aromatic heterocycles. The fraction of sp³-hybridized carbons (Fsp3) is 0.471. The van der Waals surface area contributed by atoms with Crippen molar-refractivity contribution >= 4 is 16.8 Å². The highest BCUT2D eigenvalue weighted by Crippen LogP contribution is 2.29. The van der Waals surface area contributed by atoms with E-state index in [1.807, 2.05) is 0 Å². The third kappa shape index (κ3) is 3.36. The number of ether oxygens (including phenoxy) is 1. The van der Waals surface area contributed by atoms with E-state index in [4.69, 9.17) is 5.11 Å². The molecule has 1 aromatic carbocycles. The Balaban J connectivity index is 1.85. The molecule has 1 saturated heterocycles. The molecule has 1 fully saturated rings. The number of aromatic nitrogens is 1. The fourth-order valence-corrected chi connectivity index (χ4v) is 3.33. The lowest BCUT2D eigenvalue weighted by atomic mass is 10.1. The molecular weight excluding hydrogens is 318 g/mol. The molecule has 1 aliphatic rings. The summed E-state index contributed by atoms with van der Waals surface area (Å²) in [6, 6.07) is 6.46. The number of hydrogen-bond acceptors (Lipinski definition) is 3. The summed E-state index contributed by atoms with van der Waals surface area (Å²) in [5.74, 6) is -0.0920. The number of aromatic amines is 1. The molecule has 1 unspecified atom stereocenters. The van der Waals surface area contributed by atoms with Crippen LogP contribution in [0.5, 0.6) is 5.75 Å². The van der Waals surface area contributed by atoms with E-state index in [-0.39, 0.29) is 24.3 Å². The van der Waals surface area contributed by atoms with Crippen molar-refractivity contribution in [3.63, 3.8) is 0 Å². The second-order valence-corrected chi connectivity index (χ2v) is 5.94. The SMILES string of the molecule is O=C(c1cc2c(OC(F)F)cccc2[nH]1)N1CCCC1CCCO. The standard InChI is InChI=1S/C17H20F2N2O3/c18-17(19)24-15-7-1-6-13-12(15)10-14(20-13)16(23)21-8-2-4-11(21)5-3-9-22/h1,6-7,10-11,17,20,22H,2-5,8-9H2. The summed E-state index contributed by atoms with van der Waals surface area (Å²) >= 11 is 0. The average Bonchev–Trinajstić information content (AvgIpc) is 3.19. The Labute approximate surface area is 138 Å². The summed E-state index contributed by atoms with van der Waals surface area (Å²) in [6.07, 6.45) is 3.28. The van der Waals surface area contributed by atoms with Crippen LogP contribution in [0.4, 0.5) is 8.78 Å². The second kappa shape index (κ2) is 7.17. The van der Waals surface area contributed by atoms with E-state index in [0.29, 0.717) is 29.6 Å². The van der Waals surface area contributed by atoms with Gasteiger partial charge >= 0.3 is 6.61 Å². The molecule has 7 heteroatoms. The lowest BCUT2D eigenvalue weighted by Crippen LogP contribution is -2.35. The van der Waals surface area contributed by atoms with E-state index in [1.165, 1.54) is 6.07 Å². The average molecular weight is 338 g/mol. The lowest BCUT2D eigenvalue weighted by Gasteiger charge is -2.24. The molecule has 0 bridgehead atoms. The summed E-state index contributed by atoms with van der Waals surface area (Å²) in [4.78, 5) is 17.6. The predicted molar refractivity (Wildman–Crippen MR) is 85.3 cm³/mol. The minimum Gasteiger partial charge on any atom is -0.434 e. The number of fused-ring (bicyclic) bond motifs is 1. The van der Waals surface area contributed by atoms with E-state index >= 15 is 0 Å². The quantitative estimate of drug-likeness (QED) is 0.850. The molecule has 0 spiro atoms. The number of amides is 1. The first kappa shape index (κ1) is 16.7. The molecule has 0 aliphatic carbocycles. The zero-order valence-corrected chi connectivity index (χ0v) is 13.2. The molecule has 2 heterocycles. The van der Waals surface area contributed by atoms with Crippen LogP contribution >= 0.6 is 0 Å². The third-order valence-corrected chi connectivity index (χ3v) is 4.40. The van der Waals surface area contributed by atoms with Gasteiger partial charge in [-0.2, -0.15) is 8.78 Å². The Morgan fingerprint density at radius 2 is 2.29 bits per heavy atom. The van der Waals surface area contributed by atoms with Gasteiger partial charge in [0.2, 0.25) is 0 Å². The monoisotopic (exact) mass is 338 g/mol. The molecule has 0 saturated carbocycles. The Morgan fingerprint density at radius 3 is 3.04 bits per heavy atom. The van der Waals surface area contributed by atoms with Gasteiger partial charge in [-0.25, -0.2) is 0 Å². The number of nitrogens with zero attached hydrogens (tertiary/aromatic N) is 1. The van der Waals surface area contributed by atoms with E-state index < -0.39 is 6.61 Å². The Kier molecular flexibility index (Phi) is 4.99. The molecule has 1 aliphatic heterocycles. The van der Waals surface area contributed by atoms with Crippen LogP contribution in [-0.2, 0) is 0 Å². The zero-order chi connectivity index (χ0) is 17.1. The van der Waals surface area contributed by atoms with Gasteiger partial charge in [-0.05, 0) is 43.9 Å². The molecule has 5 nitrogen and oxygen atoms in total. The first-order valence-corrected chi connectivity index (χ1v) is 8.08. The summed E-state index contributed by atoms with van der Waals surface area (Å²) in [7, 11) is 0. The van der Waals surface area contributed by atoms with Gasteiger partial charge in [-0.3, -0.25) is 4.79 Å². The molecular formula is C17H20F2N2O3. The number of aliphatic hydroxyl groups excluding tert-OH is 1. The van der Waals surface area contributed by atoms with Crippen LogP contribution in [0.2, 0.25) is 0 Å². The van der Waals surface area contributed by atoms with Gasteiger partial charge in [0.1, 0.15) is 11.4 Å². The maximum atomic E-state index is 12.8. The zero-order valence-electron chi connectivity index (χ0n) is 13.2. The number of carbonyl (C=O) groups excluding carboxylic acids is 1. The maximum absolute atomic E-state index is 12.8. The van der Waals surface area contributed by atoms with Crippen molar-refractivity contribution in [1.29, 1.82) is 0 Å². The topological polar surface area (TPSA) is 65.6 Å². The number of carbonyl (C=O) groups is 1. The summed E-state index contributed by atoms with van der Waals surface area (Å²) in [5, 5.41) is 9.45. The highest BCUT2D eigenvalue weighted by atomic mass is 19.3. The number of aliphatic hydroxyl groups is 1. The van der Waals surface area contributed by atoms with Crippen molar-refractivity contribution in [2.45, 2.75) is 38.3 Å². The number of hydrogen-bond donors (Lipinski definition) is 2. The minimum absolute atomic E-state index is 0.0519. The highest BCUT2D eigenvalue weighted by Gasteiger charge is 2.30. The van der Waals surface area contributed by atoms with Crippen molar-refractivity contribution in [3.8, 4) is 5.75 Å². The van der Waals surface area contributed by atoms with Crippen LogP contribution in [0.1, 0.15) is 36.2 Å². The van der Waals surface area contributed by atoms with Gasteiger partial charge < -0.3 is 19.7 Å². The van der Waals surface area contributed by atoms with Crippen LogP contribution in [0, 0.1) is 0 Å². The van der Waals surface area contributed by atoms with E-state index in [9.17, 15) is 13.6 Å². The molecule has 0 radical (unpaired) electrons. The van der Waals surface area contributed by atoms with Crippen molar-refractivity contribution in [2.24, 2.45) is 0 Å². The van der Waals surface area contributed by atoms with Crippen LogP contribution in [-0.4, -0.2) is 46.7 Å². The van der Waals surface area contributed by atoms with Gasteiger partial charge in [0.25, 0.3) is 5.91 Å². The Hall–Kier alpha value is -2.15. The van der Waals surface area contributed by atoms with Crippen molar-refractivity contribution in [3.05, 3.63) is 30.0 Å². The lowest BCUT2D eigenvalue weighted by molar-refractivity contribution is -0.0487. The third-order valence-electron chi connectivity index (χ3n) is 4.40. The highest BCUT2D eigenvalue weighted by molar-refractivity contribution is 5.99. The molecule has 1 amide bonds. The predicted octanol–water partition coefficient (Wildman–Crippen LogP) is 3.15. The minimum atomic E-state index is -2.91. The number of halogens is 2. The van der Waals surface area contributed by atoms with Crippen molar-refractivity contribution in [1.82, 2.24) is 9.88 Å². The van der Waals surface area contributed by atoms with Gasteiger partial charge in [0, 0.05) is 30.1 Å². The number of nitrogens with one attached hydrogen (secondary N) is 1. The molecule has 2 N–H and O–H groups in total. The molecule has 130 valence electrons. The van der Waals surface area contributed by atoms with Crippen LogP contribution in [0.15, 0.2) is 24.3 Å². The Bertz CT molecular complexity index is 717. The van der Waals surface area contributed by atoms with Gasteiger partial charge in [-0.15, -0.1) is 0 Å². The number of H-pyrrole nitrogens is 1. The largest absolute Gasteiger partial charge is 0.434 e. The maximum Gasteiger partial charge on any atom is 0.387 e. The van der Waals surface area contributed by atoms with Crippen LogP contribution in [0.25, 0.3) is 10.9 Å². The van der Waals surface area contributed by atoms with E-state index in [1.54, 1.807) is 23.1 Å². The molecule has 1 atom stereocenters. The molecule has 24 heavy (non-hydrogen) atoms. The number of likely N-dealkylation sites (tertiary alicyclic amines) is 1. The second-order valence-electron chi connectivity index (χ2n) is 5.94. The number of benzene rings is 1. The summed E-state index contributed by atoms with van der Waals surface area (Å²) < 4.78 is 29.5. The van der Waals surface area contributed by atoms with Crippen molar-refractivity contribution in [2.75, 3.05) is 13.2 Å². The number of rotatable bonds is 6. The van der Waals surface area contributed by atoms with Gasteiger partial charge in [0.05, 0.1) is 0 Å². The number of alkyl halides is 2. The first-order valence-electron chi connectivity index (χ1n) is 8.08. The van der Waals surface area contributed by atoms with E-state index in [2.05, 4.69) is 9.72 Å². The van der Waals surface area contributed by atoms with Crippen LogP contribution in [0.3, 0.4) is 0 Å². The normalized spacial score (nSPS) is 17.8. The van der Waals surface area contributed by atoms with E-state index in [0.717, 1.165) is 19.3 Å². The smallest absolute Gasteiger partial charge is 0.387 e. The summed E-state index contributed by atoms with van der Waals surface area (Å²) in [6.45, 7) is -2.13. The fourth-order valence-electron chi connectivity index (χ4n) is 3.33. The van der Waals surface area contributed by atoms with Gasteiger partial charge in [0.15, 0.2) is 0 Å².